The first-order valence-corrected chi connectivity index (χ1v) is 5.16. The lowest BCUT2D eigenvalue weighted by Crippen LogP contribution is -2.46. The van der Waals surface area contributed by atoms with E-state index < -0.39 is 5.92 Å². The highest BCUT2D eigenvalue weighted by Crippen LogP contribution is 2.44. The highest BCUT2D eigenvalue weighted by atomic mass is 35.5. The predicted molar refractivity (Wildman–Crippen MR) is 54.9 cm³/mol. The average Bonchev–Trinajstić information content (AvgIpc) is 2.81. The zero-order valence-electron chi connectivity index (χ0n) is 8.27. The maximum absolute atomic E-state index is 12.8. The molecule has 0 aliphatic heterocycles. The number of alkyl halides is 2. The number of hydrogen-bond acceptors (Lipinski definition) is 1. The van der Waals surface area contributed by atoms with E-state index in [1.54, 1.807) is 0 Å². The van der Waals surface area contributed by atoms with Gasteiger partial charge in [0.05, 0.1) is 0 Å². The van der Waals surface area contributed by atoms with Crippen LogP contribution in [0.25, 0.3) is 0 Å². The molecule has 1 nitrogen and oxygen atoms in total. The molecule has 4 heteroatoms. The van der Waals surface area contributed by atoms with E-state index >= 15 is 0 Å². The van der Waals surface area contributed by atoms with Gasteiger partial charge in [-0.25, -0.2) is 8.78 Å². The Balaban J connectivity index is 0.000000980. The van der Waals surface area contributed by atoms with Gasteiger partial charge in [0.2, 0.25) is 5.92 Å². The van der Waals surface area contributed by atoms with Crippen molar-refractivity contribution in [2.45, 2.75) is 56.4 Å². The minimum Gasteiger partial charge on any atom is -0.325 e. The molecule has 0 unspecified atom stereocenters. The molecular weight excluding hydrogens is 208 g/mol. The summed E-state index contributed by atoms with van der Waals surface area (Å²) in [6, 6.07) is 0. The molecule has 0 saturated heterocycles. The third-order valence-electron chi connectivity index (χ3n) is 3.37. The fraction of sp³-hybridized carbons (Fsp3) is 1.00. The summed E-state index contributed by atoms with van der Waals surface area (Å²) >= 11 is 0. The smallest absolute Gasteiger partial charge is 0.248 e. The van der Waals surface area contributed by atoms with Crippen LogP contribution in [0.15, 0.2) is 0 Å². The second-order valence-electron chi connectivity index (χ2n) is 4.87. The van der Waals surface area contributed by atoms with Gasteiger partial charge in [-0.2, -0.15) is 0 Å². The van der Waals surface area contributed by atoms with Crippen molar-refractivity contribution < 1.29 is 8.78 Å². The summed E-state index contributed by atoms with van der Waals surface area (Å²) < 4.78 is 25.7. The van der Waals surface area contributed by atoms with Crippen molar-refractivity contribution in [3.8, 4) is 0 Å². The summed E-state index contributed by atoms with van der Waals surface area (Å²) in [6.45, 7) is 0. The average molecular weight is 226 g/mol. The Hall–Kier alpha value is 0.110. The van der Waals surface area contributed by atoms with Gasteiger partial charge in [0, 0.05) is 18.4 Å². The van der Waals surface area contributed by atoms with Gasteiger partial charge >= 0.3 is 0 Å². The van der Waals surface area contributed by atoms with Crippen molar-refractivity contribution in [2.75, 3.05) is 0 Å². The van der Waals surface area contributed by atoms with Crippen molar-refractivity contribution in [3.05, 3.63) is 0 Å². The van der Waals surface area contributed by atoms with E-state index in [2.05, 4.69) is 0 Å². The van der Waals surface area contributed by atoms with Gasteiger partial charge in [-0.05, 0) is 25.2 Å². The van der Waals surface area contributed by atoms with Gasteiger partial charge < -0.3 is 5.73 Å². The molecule has 0 bridgehead atoms. The molecule has 2 aliphatic carbocycles. The molecule has 0 amide bonds. The van der Waals surface area contributed by atoms with E-state index in [1.807, 2.05) is 0 Å². The highest BCUT2D eigenvalue weighted by Gasteiger charge is 2.43. The normalized spacial score (nSPS) is 29.4. The van der Waals surface area contributed by atoms with E-state index in [0.29, 0.717) is 12.8 Å². The van der Waals surface area contributed by atoms with Crippen molar-refractivity contribution in [1.82, 2.24) is 0 Å². The number of halogens is 3. The zero-order chi connectivity index (χ0) is 9.53. The van der Waals surface area contributed by atoms with Crippen molar-refractivity contribution in [1.29, 1.82) is 0 Å². The standard InChI is InChI=1S/C10H17F2N.ClH/c11-10(12)5-3-9(13,4-6-10)7-8-1-2-8;/h8H,1-7,13H2;1H. The van der Waals surface area contributed by atoms with E-state index in [1.165, 1.54) is 12.8 Å². The first-order chi connectivity index (χ1) is 5.99. The Morgan fingerprint density at radius 2 is 1.57 bits per heavy atom. The zero-order valence-corrected chi connectivity index (χ0v) is 9.09. The summed E-state index contributed by atoms with van der Waals surface area (Å²) in [5.41, 5.74) is 5.83. The lowest BCUT2D eigenvalue weighted by Gasteiger charge is -2.37. The molecule has 0 atom stereocenters. The molecule has 2 rings (SSSR count). The van der Waals surface area contributed by atoms with Gasteiger partial charge in [-0.15, -0.1) is 12.4 Å². The van der Waals surface area contributed by atoms with E-state index in [4.69, 9.17) is 5.73 Å². The number of hydrogen-bond donors (Lipinski definition) is 1. The summed E-state index contributed by atoms with van der Waals surface area (Å²) in [7, 11) is 0. The second kappa shape index (κ2) is 3.93. The molecule has 0 spiro atoms. The molecule has 2 aliphatic rings. The van der Waals surface area contributed by atoms with Crippen LogP contribution in [0.1, 0.15) is 44.9 Å². The Kier molecular flexibility index (Phi) is 3.42. The Bertz CT molecular complexity index is 194. The maximum atomic E-state index is 12.8. The predicted octanol–water partition coefficient (Wildman–Crippen LogP) is 3.12. The monoisotopic (exact) mass is 225 g/mol. The Morgan fingerprint density at radius 1 is 1.07 bits per heavy atom. The molecule has 0 radical (unpaired) electrons. The molecule has 0 heterocycles. The minimum absolute atomic E-state index is 0. The third kappa shape index (κ3) is 3.06. The fourth-order valence-corrected chi connectivity index (χ4v) is 2.21. The summed E-state index contributed by atoms with van der Waals surface area (Å²) in [6.07, 6.45) is 4.51. The second-order valence-corrected chi connectivity index (χ2v) is 4.87. The summed E-state index contributed by atoms with van der Waals surface area (Å²) in [4.78, 5) is 0. The van der Waals surface area contributed by atoms with E-state index in [9.17, 15) is 8.78 Å². The molecule has 2 fully saturated rings. The topological polar surface area (TPSA) is 26.0 Å². The van der Waals surface area contributed by atoms with Crippen LogP contribution in [0.3, 0.4) is 0 Å². The molecule has 2 saturated carbocycles. The van der Waals surface area contributed by atoms with Gasteiger partial charge in [-0.1, -0.05) is 12.8 Å². The maximum Gasteiger partial charge on any atom is 0.248 e. The van der Waals surface area contributed by atoms with E-state index in [-0.39, 0.29) is 30.8 Å². The van der Waals surface area contributed by atoms with Crippen LogP contribution in [-0.4, -0.2) is 11.5 Å². The molecule has 0 aromatic rings. The van der Waals surface area contributed by atoms with Crippen LogP contribution in [0, 0.1) is 5.92 Å². The molecular formula is C10H18ClF2N. The summed E-state index contributed by atoms with van der Waals surface area (Å²) in [5, 5.41) is 0. The van der Waals surface area contributed by atoms with Crippen LogP contribution in [0.2, 0.25) is 0 Å². The Morgan fingerprint density at radius 3 is 2.00 bits per heavy atom. The largest absolute Gasteiger partial charge is 0.325 e. The molecule has 0 aromatic carbocycles. The van der Waals surface area contributed by atoms with Crippen LogP contribution in [-0.2, 0) is 0 Å². The number of rotatable bonds is 2. The van der Waals surface area contributed by atoms with Gasteiger partial charge in [0.15, 0.2) is 0 Å². The quantitative estimate of drug-likeness (QED) is 0.768. The SMILES string of the molecule is Cl.NC1(CC2CC2)CCC(F)(F)CC1. The third-order valence-corrected chi connectivity index (χ3v) is 3.37. The van der Waals surface area contributed by atoms with Gasteiger partial charge in [0.1, 0.15) is 0 Å². The lowest BCUT2D eigenvalue weighted by atomic mass is 9.77. The molecule has 14 heavy (non-hydrogen) atoms. The van der Waals surface area contributed by atoms with Crippen molar-refractivity contribution in [3.63, 3.8) is 0 Å². The fourth-order valence-electron chi connectivity index (χ4n) is 2.21. The molecule has 84 valence electrons. The molecule has 0 aromatic heterocycles. The molecule has 2 N–H and O–H groups in total. The van der Waals surface area contributed by atoms with Gasteiger partial charge in [0.25, 0.3) is 0 Å². The van der Waals surface area contributed by atoms with Crippen LogP contribution in [0.5, 0.6) is 0 Å². The van der Waals surface area contributed by atoms with Crippen molar-refractivity contribution >= 4 is 12.4 Å². The van der Waals surface area contributed by atoms with E-state index in [0.717, 1.165) is 12.3 Å². The first-order valence-electron chi connectivity index (χ1n) is 5.16. The highest BCUT2D eigenvalue weighted by molar-refractivity contribution is 5.85. The number of nitrogens with two attached hydrogens (primary N) is 1. The van der Waals surface area contributed by atoms with Crippen LogP contribution in [0.4, 0.5) is 8.78 Å². The minimum atomic E-state index is -2.44. The summed E-state index contributed by atoms with van der Waals surface area (Å²) in [5.74, 6) is -1.69. The van der Waals surface area contributed by atoms with Gasteiger partial charge in [-0.3, -0.25) is 0 Å². The lowest BCUT2D eigenvalue weighted by molar-refractivity contribution is -0.0521. The Labute approximate surface area is 89.8 Å². The van der Waals surface area contributed by atoms with Crippen LogP contribution < -0.4 is 5.73 Å². The first kappa shape index (κ1) is 12.2. The van der Waals surface area contributed by atoms with Crippen LogP contribution >= 0.6 is 12.4 Å². The van der Waals surface area contributed by atoms with Crippen molar-refractivity contribution in [2.24, 2.45) is 11.7 Å².